The first-order chi connectivity index (χ1) is 8.15. The average molecular weight is 239 g/mol. The zero-order chi connectivity index (χ0) is 12.7. The first kappa shape index (κ1) is 14.1. The van der Waals surface area contributed by atoms with Crippen molar-refractivity contribution in [1.82, 2.24) is 5.32 Å². The molecule has 0 heterocycles. The van der Waals surface area contributed by atoms with Gasteiger partial charge in [-0.2, -0.15) is 0 Å². The highest BCUT2D eigenvalue weighted by atomic mass is 19.1. The molecule has 1 rings (SSSR count). The van der Waals surface area contributed by atoms with E-state index in [1.807, 2.05) is 12.1 Å². The lowest BCUT2D eigenvalue weighted by molar-refractivity contribution is 0.228. The minimum atomic E-state index is -0.189. The first-order valence-corrected chi connectivity index (χ1v) is 6.27. The van der Waals surface area contributed by atoms with Gasteiger partial charge >= 0.3 is 0 Å². The Bertz CT molecular complexity index is 309. The summed E-state index contributed by atoms with van der Waals surface area (Å²) in [5, 5.41) is 12.5. The van der Waals surface area contributed by atoms with Crippen LogP contribution in [0.3, 0.4) is 0 Å². The van der Waals surface area contributed by atoms with Crippen LogP contribution in [0.1, 0.15) is 32.3 Å². The van der Waals surface area contributed by atoms with Crippen molar-refractivity contribution in [3.63, 3.8) is 0 Å². The lowest BCUT2D eigenvalue weighted by Crippen LogP contribution is -2.38. The van der Waals surface area contributed by atoms with Crippen LogP contribution in [0.2, 0.25) is 0 Å². The molecule has 3 heteroatoms. The van der Waals surface area contributed by atoms with Gasteiger partial charge in [0, 0.05) is 12.1 Å². The molecule has 2 nitrogen and oxygen atoms in total. The van der Waals surface area contributed by atoms with Gasteiger partial charge in [0.05, 0.1) is 6.61 Å². The number of aliphatic hydroxyl groups excluding tert-OH is 1. The largest absolute Gasteiger partial charge is 0.395 e. The molecule has 0 fully saturated rings. The summed E-state index contributed by atoms with van der Waals surface area (Å²) in [6.45, 7) is 4.35. The lowest BCUT2D eigenvalue weighted by atomic mass is 10.1. The molecule has 0 bridgehead atoms. The number of hydrogen-bond donors (Lipinski definition) is 2. The molecule has 96 valence electrons. The molecule has 0 amide bonds. The second-order valence-electron chi connectivity index (χ2n) is 4.52. The fraction of sp³-hybridized carbons (Fsp3) is 0.571. The van der Waals surface area contributed by atoms with E-state index in [4.69, 9.17) is 5.11 Å². The Balaban J connectivity index is 2.32. The van der Waals surface area contributed by atoms with E-state index in [1.54, 1.807) is 0 Å². The molecule has 1 aromatic carbocycles. The fourth-order valence-corrected chi connectivity index (χ4v) is 1.82. The predicted octanol–water partition coefficient (Wildman–Crippen LogP) is 2.51. The highest BCUT2D eigenvalue weighted by Gasteiger charge is 2.08. The van der Waals surface area contributed by atoms with Crippen molar-refractivity contribution in [3.8, 4) is 0 Å². The molecule has 0 aromatic heterocycles. The van der Waals surface area contributed by atoms with Gasteiger partial charge in [0.2, 0.25) is 0 Å². The van der Waals surface area contributed by atoms with Crippen molar-refractivity contribution >= 4 is 0 Å². The number of halogens is 1. The molecule has 17 heavy (non-hydrogen) atoms. The maximum absolute atomic E-state index is 12.7. The molecule has 0 radical (unpaired) electrons. The van der Waals surface area contributed by atoms with Crippen LogP contribution in [0.15, 0.2) is 24.3 Å². The number of nitrogens with one attached hydrogen (secondary N) is 1. The Morgan fingerprint density at radius 2 is 1.94 bits per heavy atom. The summed E-state index contributed by atoms with van der Waals surface area (Å²) in [5.74, 6) is -0.189. The van der Waals surface area contributed by atoms with Gasteiger partial charge < -0.3 is 10.4 Å². The third-order valence-corrected chi connectivity index (χ3v) is 3.01. The molecule has 0 aliphatic carbocycles. The summed E-state index contributed by atoms with van der Waals surface area (Å²) in [7, 11) is 0. The van der Waals surface area contributed by atoms with Gasteiger partial charge in [-0.05, 0) is 43.9 Å². The molecule has 0 saturated heterocycles. The average Bonchev–Trinajstić information content (AvgIpc) is 2.35. The fourth-order valence-electron chi connectivity index (χ4n) is 1.82. The predicted molar refractivity (Wildman–Crippen MR) is 68.5 cm³/mol. The summed E-state index contributed by atoms with van der Waals surface area (Å²) in [5.41, 5.74) is 1.15. The van der Waals surface area contributed by atoms with E-state index in [2.05, 4.69) is 19.2 Å². The van der Waals surface area contributed by atoms with Gasteiger partial charge in [-0.25, -0.2) is 4.39 Å². The number of aliphatic hydroxyl groups is 1. The number of benzene rings is 1. The Morgan fingerprint density at radius 3 is 2.47 bits per heavy atom. The van der Waals surface area contributed by atoms with Crippen molar-refractivity contribution < 1.29 is 9.50 Å². The van der Waals surface area contributed by atoms with Crippen LogP contribution in [0.4, 0.5) is 4.39 Å². The van der Waals surface area contributed by atoms with Gasteiger partial charge in [0.1, 0.15) is 5.82 Å². The summed E-state index contributed by atoms with van der Waals surface area (Å²) in [4.78, 5) is 0. The normalized spacial score (nSPS) is 14.6. The summed E-state index contributed by atoms with van der Waals surface area (Å²) in [6, 6.07) is 7.18. The van der Waals surface area contributed by atoms with Crippen molar-refractivity contribution in [2.75, 3.05) is 6.61 Å². The second kappa shape index (κ2) is 7.41. The lowest BCUT2D eigenvalue weighted by Gasteiger charge is -2.20. The third kappa shape index (κ3) is 5.29. The van der Waals surface area contributed by atoms with Crippen LogP contribution < -0.4 is 5.32 Å². The molecule has 2 unspecified atom stereocenters. The minimum absolute atomic E-state index is 0.178. The maximum Gasteiger partial charge on any atom is 0.123 e. The Hall–Kier alpha value is -0.930. The van der Waals surface area contributed by atoms with Crippen molar-refractivity contribution in [2.45, 2.75) is 45.2 Å². The minimum Gasteiger partial charge on any atom is -0.395 e. The molecule has 1 aromatic rings. The van der Waals surface area contributed by atoms with E-state index in [9.17, 15) is 4.39 Å². The van der Waals surface area contributed by atoms with E-state index in [-0.39, 0.29) is 18.5 Å². The topological polar surface area (TPSA) is 32.3 Å². The smallest absolute Gasteiger partial charge is 0.123 e. The standard InChI is InChI=1S/C14H22FNO/c1-3-14(10-17)16-11(2)4-5-12-6-8-13(15)9-7-12/h6-9,11,14,16-17H,3-5,10H2,1-2H3. The van der Waals surface area contributed by atoms with Gasteiger partial charge in [-0.1, -0.05) is 19.1 Å². The number of rotatable bonds is 7. The maximum atomic E-state index is 12.7. The van der Waals surface area contributed by atoms with Crippen LogP contribution in [-0.2, 0) is 6.42 Å². The monoisotopic (exact) mass is 239 g/mol. The van der Waals surface area contributed by atoms with Crippen LogP contribution in [-0.4, -0.2) is 23.8 Å². The molecule has 0 aliphatic rings. The molecule has 0 aliphatic heterocycles. The highest BCUT2D eigenvalue weighted by molar-refractivity contribution is 5.16. The zero-order valence-corrected chi connectivity index (χ0v) is 10.6. The van der Waals surface area contributed by atoms with Crippen molar-refractivity contribution in [3.05, 3.63) is 35.6 Å². The van der Waals surface area contributed by atoms with Crippen LogP contribution >= 0.6 is 0 Å². The highest BCUT2D eigenvalue weighted by Crippen LogP contribution is 2.07. The van der Waals surface area contributed by atoms with E-state index < -0.39 is 0 Å². The quantitative estimate of drug-likeness (QED) is 0.766. The summed E-state index contributed by atoms with van der Waals surface area (Å²) in [6.07, 6.45) is 2.84. The third-order valence-electron chi connectivity index (χ3n) is 3.01. The van der Waals surface area contributed by atoms with Crippen LogP contribution in [0.25, 0.3) is 0 Å². The van der Waals surface area contributed by atoms with Gasteiger partial charge in [-0.3, -0.25) is 0 Å². The van der Waals surface area contributed by atoms with Crippen LogP contribution in [0.5, 0.6) is 0 Å². The number of aryl methyl sites for hydroxylation is 1. The molecule has 0 saturated carbocycles. The Morgan fingerprint density at radius 1 is 1.29 bits per heavy atom. The Kier molecular flexibility index (Phi) is 6.16. The Labute approximate surface area is 103 Å². The number of hydrogen-bond acceptors (Lipinski definition) is 2. The van der Waals surface area contributed by atoms with Gasteiger partial charge in [-0.15, -0.1) is 0 Å². The first-order valence-electron chi connectivity index (χ1n) is 6.27. The molecular weight excluding hydrogens is 217 g/mol. The molecule has 2 atom stereocenters. The van der Waals surface area contributed by atoms with E-state index in [1.165, 1.54) is 12.1 Å². The van der Waals surface area contributed by atoms with E-state index >= 15 is 0 Å². The van der Waals surface area contributed by atoms with Crippen LogP contribution in [0, 0.1) is 5.82 Å². The van der Waals surface area contributed by atoms with Gasteiger partial charge in [0.25, 0.3) is 0 Å². The zero-order valence-electron chi connectivity index (χ0n) is 10.6. The molecular formula is C14H22FNO. The summed E-state index contributed by atoms with van der Waals surface area (Å²) >= 11 is 0. The van der Waals surface area contributed by atoms with Gasteiger partial charge in [0.15, 0.2) is 0 Å². The van der Waals surface area contributed by atoms with E-state index in [0.717, 1.165) is 24.8 Å². The molecule has 0 spiro atoms. The van der Waals surface area contributed by atoms with Crippen molar-refractivity contribution in [2.24, 2.45) is 0 Å². The summed E-state index contributed by atoms with van der Waals surface area (Å²) < 4.78 is 12.7. The SMILES string of the molecule is CCC(CO)NC(C)CCc1ccc(F)cc1. The molecule has 2 N–H and O–H groups in total. The van der Waals surface area contributed by atoms with Crippen molar-refractivity contribution in [1.29, 1.82) is 0 Å². The second-order valence-corrected chi connectivity index (χ2v) is 4.52. The van der Waals surface area contributed by atoms with E-state index in [0.29, 0.717) is 6.04 Å².